The van der Waals surface area contributed by atoms with Crippen molar-refractivity contribution in [3.8, 4) is 6.07 Å². The maximum Gasteiger partial charge on any atom is 0.227 e. The molecule has 2 aromatic heterocycles. The molecule has 3 heterocycles. The van der Waals surface area contributed by atoms with Crippen molar-refractivity contribution in [2.75, 3.05) is 42.9 Å². The summed E-state index contributed by atoms with van der Waals surface area (Å²) in [7, 11) is 0. The molecule has 1 saturated heterocycles. The fraction of sp³-hybridized carbons (Fsp3) is 0.500. The van der Waals surface area contributed by atoms with Gasteiger partial charge in [0.15, 0.2) is 0 Å². The quantitative estimate of drug-likeness (QED) is 0.812. The van der Waals surface area contributed by atoms with Crippen molar-refractivity contribution in [3.05, 3.63) is 28.9 Å². The molecule has 1 aliphatic carbocycles. The molecule has 1 saturated carbocycles. The molecule has 1 N–H and O–H groups in total. The Morgan fingerprint density at radius 1 is 1.30 bits per heavy atom. The van der Waals surface area contributed by atoms with Gasteiger partial charge in [0.05, 0.1) is 5.56 Å². The summed E-state index contributed by atoms with van der Waals surface area (Å²) in [5.74, 6) is 1.29. The standard InChI is InChI=1S/C18H21N7OS/c19-12-14-2-1-6-20-16(14)25-10-8-24(9-11-25)7-5-15(26)21-18-23-22-17(27-18)13-3-4-13/h1-2,6,13H,3-5,7-11H2,(H,21,23,26). The van der Waals surface area contributed by atoms with E-state index in [-0.39, 0.29) is 5.91 Å². The lowest BCUT2D eigenvalue weighted by Crippen LogP contribution is -2.47. The fourth-order valence-electron chi connectivity index (χ4n) is 3.14. The van der Waals surface area contributed by atoms with Crippen molar-refractivity contribution >= 4 is 28.2 Å². The van der Waals surface area contributed by atoms with Gasteiger partial charge in [0.1, 0.15) is 16.9 Å². The summed E-state index contributed by atoms with van der Waals surface area (Å²) in [6, 6.07) is 5.77. The van der Waals surface area contributed by atoms with Crippen LogP contribution in [-0.2, 0) is 4.79 Å². The minimum Gasteiger partial charge on any atom is -0.353 e. The number of nitrogens with one attached hydrogen (secondary N) is 1. The van der Waals surface area contributed by atoms with Crippen LogP contribution < -0.4 is 10.2 Å². The van der Waals surface area contributed by atoms with E-state index >= 15 is 0 Å². The third-order valence-corrected chi connectivity index (χ3v) is 5.85. The molecule has 9 heteroatoms. The van der Waals surface area contributed by atoms with E-state index in [1.165, 1.54) is 24.2 Å². The topological polar surface area (TPSA) is 98.0 Å². The summed E-state index contributed by atoms with van der Waals surface area (Å²) < 4.78 is 0. The highest BCUT2D eigenvalue weighted by atomic mass is 32.1. The number of hydrogen-bond acceptors (Lipinski definition) is 8. The van der Waals surface area contributed by atoms with E-state index in [4.69, 9.17) is 0 Å². The van der Waals surface area contributed by atoms with Gasteiger partial charge in [-0.15, -0.1) is 10.2 Å². The SMILES string of the molecule is N#Cc1cccnc1N1CCN(CCC(=O)Nc2nnc(C3CC3)s2)CC1. The van der Waals surface area contributed by atoms with Crippen LogP contribution in [0.25, 0.3) is 0 Å². The Morgan fingerprint density at radius 2 is 2.11 bits per heavy atom. The highest BCUT2D eigenvalue weighted by Crippen LogP contribution is 2.42. The van der Waals surface area contributed by atoms with Gasteiger partial charge in [-0.25, -0.2) is 4.98 Å². The van der Waals surface area contributed by atoms with Crippen LogP contribution in [0.4, 0.5) is 10.9 Å². The van der Waals surface area contributed by atoms with Crippen LogP contribution in [0.3, 0.4) is 0 Å². The van der Waals surface area contributed by atoms with Crippen LogP contribution in [0.2, 0.25) is 0 Å². The molecule has 1 amide bonds. The summed E-state index contributed by atoms with van der Waals surface area (Å²) >= 11 is 1.49. The molecule has 2 aromatic rings. The number of rotatable bonds is 6. The van der Waals surface area contributed by atoms with Crippen LogP contribution in [0.5, 0.6) is 0 Å². The number of amides is 1. The summed E-state index contributed by atoms with van der Waals surface area (Å²) in [5, 5.41) is 21.9. The second-order valence-electron chi connectivity index (χ2n) is 6.83. The lowest BCUT2D eigenvalue weighted by molar-refractivity contribution is -0.116. The molecule has 1 aliphatic heterocycles. The molecule has 140 valence electrons. The van der Waals surface area contributed by atoms with E-state index in [2.05, 4.69) is 36.4 Å². The molecule has 2 aliphatic rings. The maximum absolute atomic E-state index is 12.2. The van der Waals surface area contributed by atoms with Crippen LogP contribution in [0.15, 0.2) is 18.3 Å². The number of carbonyl (C=O) groups excluding carboxylic acids is 1. The Kier molecular flexibility index (Phi) is 5.27. The average molecular weight is 383 g/mol. The Bertz CT molecular complexity index is 849. The Hall–Kier alpha value is -2.57. The van der Waals surface area contributed by atoms with Crippen LogP contribution in [0.1, 0.15) is 35.8 Å². The largest absolute Gasteiger partial charge is 0.353 e. The number of carbonyl (C=O) groups is 1. The van der Waals surface area contributed by atoms with E-state index in [1.807, 2.05) is 0 Å². The molecule has 0 aromatic carbocycles. The number of hydrogen-bond donors (Lipinski definition) is 1. The number of piperazine rings is 1. The molecule has 0 atom stereocenters. The Balaban J connectivity index is 1.22. The molecular weight excluding hydrogens is 362 g/mol. The van der Waals surface area contributed by atoms with Gasteiger partial charge >= 0.3 is 0 Å². The number of anilines is 2. The van der Waals surface area contributed by atoms with Gasteiger partial charge in [-0.05, 0) is 25.0 Å². The number of nitriles is 1. The van der Waals surface area contributed by atoms with E-state index in [1.54, 1.807) is 18.3 Å². The van der Waals surface area contributed by atoms with Gasteiger partial charge in [-0.2, -0.15) is 5.26 Å². The highest BCUT2D eigenvalue weighted by Gasteiger charge is 2.27. The molecular formula is C18H21N7OS. The molecule has 27 heavy (non-hydrogen) atoms. The molecule has 4 rings (SSSR count). The van der Waals surface area contributed by atoms with Crippen molar-refractivity contribution in [2.24, 2.45) is 0 Å². The second-order valence-corrected chi connectivity index (χ2v) is 7.84. The van der Waals surface area contributed by atoms with Gasteiger partial charge in [0, 0.05) is 51.3 Å². The smallest absolute Gasteiger partial charge is 0.227 e. The summed E-state index contributed by atoms with van der Waals surface area (Å²) in [6.07, 6.45) is 4.52. The van der Waals surface area contributed by atoms with E-state index in [0.717, 1.165) is 37.0 Å². The van der Waals surface area contributed by atoms with Crippen molar-refractivity contribution in [2.45, 2.75) is 25.2 Å². The van der Waals surface area contributed by atoms with Gasteiger partial charge in [0.2, 0.25) is 11.0 Å². The van der Waals surface area contributed by atoms with Crippen LogP contribution in [0, 0.1) is 11.3 Å². The zero-order chi connectivity index (χ0) is 18.6. The van der Waals surface area contributed by atoms with Gasteiger partial charge in [0.25, 0.3) is 0 Å². The minimum atomic E-state index is -0.0209. The van der Waals surface area contributed by atoms with E-state index in [0.29, 0.717) is 29.6 Å². The molecule has 0 unspecified atom stereocenters. The molecule has 8 nitrogen and oxygen atoms in total. The third-order valence-electron chi connectivity index (χ3n) is 4.85. The molecule has 2 fully saturated rings. The second kappa shape index (κ2) is 7.98. The zero-order valence-corrected chi connectivity index (χ0v) is 15.8. The van der Waals surface area contributed by atoms with Crippen LogP contribution in [-0.4, -0.2) is 58.7 Å². The van der Waals surface area contributed by atoms with Crippen molar-refractivity contribution < 1.29 is 4.79 Å². The molecule has 0 bridgehead atoms. The summed E-state index contributed by atoms with van der Waals surface area (Å²) in [6.45, 7) is 4.00. The number of pyridine rings is 1. The molecule has 0 spiro atoms. The van der Waals surface area contributed by atoms with E-state index < -0.39 is 0 Å². The average Bonchev–Trinajstić information content (AvgIpc) is 3.46. The monoisotopic (exact) mass is 383 g/mol. The zero-order valence-electron chi connectivity index (χ0n) is 15.0. The van der Waals surface area contributed by atoms with Gasteiger partial charge < -0.3 is 10.2 Å². The normalized spacial score (nSPS) is 17.5. The third kappa shape index (κ3) is 4.40. The highest BCUT2D eigenvalue weighted by molar-refractivity contribution is 7.15. The summed E-state index contributed by atoms with van der Waals surface area (Å²) in [4.78, 5) is 20.9. The Labute approximate surface area is 161 Å². The first-order chi connectivity index (χ1) is 13.2. The summed E-state index contributed by atoms with van der Waals surface area (Å²) in [5.41, 5.74) is 0.605. The fourth-order valence-corrected chi connectivity index (χ4v) is 4.07. The van der Waals surface area contributed by atoms with E-state index in [9.17, 15) is 10.1 Å². The predicted octanol–water partition coefficient (Wildman–Crippen LogP) is 1.83. The number of aromatic nitrogens is 3. The van der Waals surface area contributed by atoms with Crippen LogP contribution >= 0.6 is 11.3 Å². The maximum atomic E-state index is 12.2. The first-order valence-corrected chi connectivity index (χ1v) is 10.0. The first-order valence-electron chi connectivity index (χ1n) is 9.18. The van der Waals surface area contributed by atoms with Crippen molar-refractivity contribution in [1.29, 1.82) is 5.26 Å². The Morgan fingerprint density at radius 3 is 2.85 bits per heavy atom. The van der Waals surface area contributed by atoms with Crippen molar-refractivity contribution in [1.82, 2.24) is 20.1 Å². The number of nitrogens with zero attached hydrogens (tertiary/aromatic N) is 6. The molecule has 0 radical (unpaired) electrons. The predicted molar refractivity (Wildman–Crippen MR) is 103 cm³/mol. The van der Waals surface area contributed by atoms with Gasteiger partial charge in [-0.3, -0.25) is 9.69 Å². The first kappa shape index (κ1) is 17.8. The minimum absolute atomic E-state index is 0.0209. The van der Waals surface area contributed by atoms with Crippen molar-refractivity contribution in [3.63, 3.8) is 0 Å². The lowest BCUT2D eigenvalue weighted by Gasteiger charge is -2.35. The van der Waals surface area contributed by atoms with Gasteiger partial charge in [-0.1, -0.05) is 11.3 Å². The lowest BCUT2D eigenvalue weighted by atomic mass is 10.2.